The molecule has 0 fully saturated rings. The van der Waals surface area contributed by atoms with Gasteiger partial charge < -0.3 is 5.32 Å². The molecule has 0 radical (unpaired) electrons. The van der Waals surface area contributed by atoms with Gasteiger partial charge in [-0.2, -0.15) is 5.26 Å². The minimum Gasteiger partial charge on any atom is -0.339 e. The summed E-state index contributed by atoms with van der Waals surface area (Å²) >= 11 is 0. The summed E-state index contributed by atoms with van der Waals surface area (Å²) in [5, 5.41) is 13.1. The van der Waals surface area contributed by atoms with Crippen molar-refractivity contribution in [3.8, 4) is 23.1 Å². The number of rotatable bonds is 4. The van der Waals surface area contributed by atoms with Crippen LogP contribution in [0.5, 0.6) is 0 Å². The first kappa shape index (κ1) is 16.6. The lowest BCUT2D eigenvalue weighted by molar-refractivity contribution is 1.07. The fraction of sp³-hybridized carbons (Fsp3) is 0.0435. The second kappa shape index (κ2) is 7.19. The van der Waals surface area contributed by atoms with Crippen LogP contribution < -0.4 is 5.32 Å². The average molecular weight is 350 g/mol. The number of benzene rings is 3. The van der Waals surface area contributed by atoms with Crippen molar-refractivity contribution in [1.29, 1.82) is 5.26 Å². The van der Waals surface area contributed by atoms with Crippen LogP contribution in [0.25, 0.3) is 17.1 Å². The van der Waals surface area contributed by atoms with Crippen LogP contribution in [0.4, 0.5) is 11.5 Å². The largest absolute Gasteiger partial charge is 0.339 e. The maximum atomic E-state index is 9.71. The first-order chi connectivity index (χ1) is 13.3. The number of hydrogen-bond acceptors (Lipinski definition) is 3. The lowest BCUT2D eigenvalue weighted by Crippen LogP contribution is -2.03. The highest BCUT2D eigenvalue weighted by atomic mass is 15.2. The molecule has 27 heavy (non-hydrogen) atoms. The van der Waals surface area contributed by atoms with Crippen LogP contribution >= 0.6 is 0 Å². The number of nitrogens with one attached hydrogen (secondary N) is 1. The first-order valence-electron chi connectivity index (χ1n) is 8.73. The molecule has 130 valence electrons. The predicted octanol–water partition coefficient (Wildman–Crippen LogP) is 5.46. The van der Waals surface area contributed by atoms with E-state index in [9.17, 15) is 5.26 Å². The Morgan fingerprint density at radius 2 is 1.48 bits per heavy atom. The molecule has 0 aliphatic rings. The molecule has 0 amide bonds. The van der Waals surface area contributed by atoms with Gasteiger partial charge in [-0.25, -0.2) is 4.98 Å². The Balaban J connectivity index is 1.94. The van der Waals surface area contributed by atoms with Crippen molar-refractivity contribution in [2.75, 3.05) is 5.32 Å². The Kier molecular flexibility index (Phi) is 4.42. The van der Waals surface area contributed by atoms with Gasteiger partial charge in [0.05, 0.1) is 0 Å². The summed E-state index contributed by atoms with van der Waals surface area (Å²) in [5.74, 6) is 1.39. The van der Waals surface area contributed by atoms with Crippen LogP contribution in [0.1, 0.15) is 11.3 Å². The number of imidazole rings is 1. The number of para-hydroxylation sites is 2. The molecule has 1 heterocycles. The van der Waals surface area contributed by atoms with E-state index in [0.29, 0.717) is 11.5 Å². The number of nitriles is 1. The van der Waals surface area contributed by atoms with E-state index in [-0.39, 0.29) is 0 Å². The normalized spacial score (nSPS) is 10.4. The minimum absolute atomic E-state index is 0.360. The highest BCUT2D eigenvalue weighted by Gasteiger charge is 2.20. The van der Waals surface area contributed by atoms with E-state index >= 15 is 0 Å². The number of aromatic nitrogens is 2. The summed E-state index contributed by atoms with van der Waals surface area (Å²) in [6, 6.07) is 30.2. The van der Waals surface area contributed by atoms with Gasteiger partial charge in [-0.05, 0) is 31.2 Å². The van der Waals surface area contributed by atoms with E-state index in [4.69, 9.17) is 0 Å². The van der Waals surface area contributed by atoms with Crippen molar-refractivity contribution in [2.24, 2.45) is 0 Å². The predicted molar refractivity (Wildman–Crippen MR) is 108 cm³/mol. The quantitative estimate of drug-likeness (QED) is 0.531. The van der Waals surface area contributed by atoms with Gasteiger partial charge in [0.25, 0.3) is 0 Å². The highest BCUT2D eigenvalue weighted by molar-refractivity contribution is 5.72. The molecule has 0 unspecified atom stereocenters. The third-order valence-corrected chi connectivity index (χ3v) is 4.34. The van der Waals surface area contributed by atoms with Crippen molar-refractivity contribution in [2.45, 2.75) is 6.92 Å². The Labute approximate surface area is 158 Å². The smallest absolute Gasteiger partial charge is 0.184 e. The van der Waals surface area contributed by atoms with Crippen LogP contribution in [0.15, 0.2) is 84.9 Å². The monoisotopic (exact) mass is 350 g/mol. The molecule has 0 aliphatic carbocycles. The zero-order valence-corrected chi connectivity index (χ0v) is 14.9. The van der Waals surface area contributed by atoms with Gasteiger partial charge in [-0.3, -0.25) is 4.57 Å². The molecule has 1 aromatic heterocycles. The van der Waals surface area contributed by atoms with E-state index in [1.165, 1.54) is 5.56 Å². The third-order valence-electron chi connectivity index (χ3n) is 4.34. The maximum absolute atomic E-state index is 9.71. The van der Waals surface area contributed by atoms with E-state index in [0.717, 1.165) is 22.8 Å². The Morgan fingerprint density at radius 3 is 2.11 bits per heavy atom. The summed E-state index contributed by atoms with van der Waals surface area (Å²) < 4.78 is 2.00. The molecule has 0 aliphatic heterocycles. The average Bonchev–Trinajstić information content (AvgIpc) is 3.08. The molecule has 4 heteroatoms. The maximum Gasteiger partial charge on any atom is 0.184 e. The zero-order valence-electron chi connectivity index (χ0n) is 14.9. The van der Waals surface area contributed by atoms with Crippen molar-refractivity contribution >= 4 is 11.5 Å². The van der Waals surface area contributed by atoms with Crippen LogP contribution in [0.3, 0.4) is 0 Å². The van der Waals surface area contributed by atoms with Gasteiger partial charge in [0.15, 0.2) is 11.5 Å². The Bertz CT molecular complexity index is 1090. The zero-order chi connectivity index (χ0) is 18.6. The van der Waals surface area contributed by atoms with Gasteiger partial charge in [-0.1, -0.05) is 66.2 Å². The van der Waals surface area contributed by atoms with Gasteiger partial charge in [0.1, 0.15) is 11.9 Å². The van der Waals surface area contributed by atoms with Crippen molar-refractivity contribution in [3.05, 3.63) is 96.2 Å². The van der Waals surface area contributed by atoms with E-state index in [1.807, 2.05) is 77.4 Å². The molecule has 4 rings (SSSR count). The Hall–Kier alpha value is -3.84. The summed E-state index contributed by atoms with van der Waals surface area (Å²) in [5.41, 5.74) is 4.35. The van der Waals surface area contributed by atoms with Crippen LogP contribution in [-0.2, 0) is 0 Å². The Morgan fingerprint density at radius 1 is 0.852 bits per heavy atom. The van der Waals surface area contributed by atoms with Crippen LogP contribution in [-0.4, -0.2) is 9.55 Å². The molecule has 0 bridgehead atoms. The number of hydrogen-bond donors (Lipinski definition) is 1. The lowest BCUT2D eigenvalue weighted by atomic mass is 10.1. The fourth-order valence-corrected chi connectivity index (χ4v) is 3.00. The second-order valence-corrected chi connectivity index (χ2v) is 6.27. The number of aryl methyl sites for hydroxylation is 1. The van der Waals surface area contributed by atoms with Gasteiger partial charge in [-0.15, -0.1) is 0 Å². The number of anilines is 2. The molecular weight excluding hydrogens is 332 g/mol. The van der Waals surface area contributed by atoms with E-state index in [1.54, 1.807) is 0 Å². The second-order valence-electron chi connectivity index (χ2n) is 6.27. The van der Waals surface area contributed by atoms with Crippen molar-refractivity contribution in [3.63, 3.8) is 0 Å². The molecule has 0 spiro atoms. The van der Waals surface area contributed by atoms with E-state index < -0.39 is 0 Å². The van der Waals surface area contributed by atoms with Crippen LogP contribution in [0, 0.1) is 18.3 Å². The van der Waals surface area contributed by atoms with Gasteiger partial charge in [0.2, 0.25) is 0 Å². The molecule has 1 N–H and O–H groups in total. The summed E-state index contributed by atoms with van der Waals surface area (Å²) in [7, 11) is 0. The molecular formula is C23H18N4. The van der Waals surface area contributed by atoms with Crippen molar-refractivity contribution in [1.82, 2.24) is 9.55 Å². The first-order valence-corrected chi connectivity index (χ1v) is 8.73. The SMILES string of the molecule is Cc1ccc(-c2nc(C#N)c(Nc3ccccc3)n2-c2ccccc2)cc1. The summed E-state index contributed by atoms with van der Waals surface area (Å²) in [6.45, 7) is 2.05. The molecule has 4 nitrogen and oxygen atoms in total. The molecule has 0 saturated heterocycles. The molecule has 3 aromatic carbocycles. The van der Waals surface area contributed by atoms with Crippen molar-refractivity contribution < 1.29 is 0 Å². The highest BCUT2D eigenvalue weighted by Crippen LogP contribution is 2.31. The minimum atomic E-state index is 0.360. The van der Waals surface area contributed by atoms with Crippen LogP contribution in [0.2, 0.25) is 0 Å². The summed E-state index contributed by atoms with van der Waals surface area (Å²) in [6.07, 6.45) is 0. The third kappa shape index (κ3) is 3.31. The summed E-state index contributed by atoms with van der Waals surface area (Å²) in [4.78, 5) is 4.64. The molecule has 0 atom stereocenters. The lowest BCUT2D eigenvalue weighted by Gasteiger charge is -2.14. The molecule has 4 aromatic rings. The number of nitrogens with zero attached hydrogens (tertiary/aromatic N) is 3. The standard InChI is InChI=1S/C23H18N4/c1-17-12-14-18(15-13-17)22-26-21(16-24)23(25-19-8-4-2-5-9-19)27(22)20-10-6-3-7-11-20/h2-15,25H,1H3. The van der Waals surface area contributed by atoms with Gasteiger partial charge >= 0.3 is 0 Å². The van der Waals surface area contributed by atoms with E-state index in [2.05, 4.69) is 35.4 Å². The fourth-order valence-electron chi connectivity index (χ4n) is 3.00. The van der Waals surface area contributed by atoms with Gasteiger partial charge in [0, 0.05) is 16.9 Å². The molecule has 0 saturated carbocycles. The topological polar surface area (TPSA) is 53.6 Å².